The minimum Gasteiger partial charge on any atom is -0.478 e. The first kappa shape index (κ1) is 98.2. The van der Waals surface area contributed by atoms with Crippen molar-refractivity contribution < 1.29 is 114 Å². The summed E-state index contributed by atoms with van der Waals surface area (Å²) in [4.78, 5) is 86.8. The molecular weight excluding hydrogens is 2130 g/mol. The van der Waals surface area contributed by atoms with Gasteiger partial charge in [-0.05, 0) is 197 Å². The topological polar surface area (TPSA) is 431 Å². The van der Waals surface area contributed by atoms with Gasteiger partial charge in [0.2, 0.25) is 47.4 Å². The van der Waals surface area contributed by atoms with E-state index in [1.165, 1.54) is 27.7 Å². The van der Waals surface area contributed by atoms with Crippen molar-refractivity contribution in [1.82, 2.24) is 44.7 Å². The number of esters is 1. The Hall–Kier alpha value is -10.00. The second kappa shape index (κ2) is 41.0. The predicted molar refractivity (Wildman–Crippen MR) is 485 cm³/mol. The van der Waals surface area contributed by atoms with E-state index >= 15 is 4.39 Å². The van der Waals surface area contributed by atoms with Crippen molar-refractivity contribution in [3.8, 4) is 22.3 Å². The Balaban J connectivity index is 0.000000178. The van der Waals surface area contributed by atoms with E-state index in [0.717, 1.165) is 86.3 Å². The van der Waals surface area contributed by atoms with Gasteiger partial charge in [-0.15, -0.1) is 24.0 Å². The largest absolute Gasteiger partial charge is 0.494 e. The van der Waals surface area contributed by atoms with Crippen LogP contribution in [0, 0.1) is 34.9 Å². The number of ether oxygens (including phenoxy) is 3. The quantitative estimate of drug-likeness (QED) is 0.0128. The number of nitrogens with zero attached hydrogens (tertiary/aromatic N) is 8. The van der Waals surface area contributed by atoms with E-state index < -0.39 is 154 Å². The number of rotatable bonds is 21. The number of ketones is 3. The van der Waals surface area contributed by atoms with Gasteiger partial charge in [-0.1, -0.05) is 36.4 Å². The van der Waals surface area contributed by atoms with E-state index in [4.69, 9.17) is 28.6 Å². The van der Waals surface area contributed by atoms with Gasteiger partial charge in [-0.2, -0.15) is 15.3 Å². The van der Waals surface area contributed by atoms with Gasteiger partial charge in [-0.25, -0.2) is 90.3 Å². The van der Waals surface area contributed by atoms with Gasteiger partial charge >= 0.3 is 25.0 Å². The number of carboxylic acids is 2. The third-order valence-corrected chi connectivity index (χ3v) is 21.9. The number of hydrogen-bond acceptors (Lipinski definition) is 23. The minimum atomic E-state index is -4.04. The molecule has 15 rings (SSSR count). The van der Waals surface area contributed by atoms with Crippen LogP contribution in [0.1, 0.15) is 165 Å². The summed E-state index contributed by atoms with van der Waals surface area (Å²) in [6.07, 6.45) is 10.7. The molecule has 2 unspecified atom stereocenters. The molecule has 3 aliphatic rings. The summed E-state index contributed by atoms with van der Waals surface area (Å²) in [7, 11) is -12.5. The number of carbonyl (C=O) groups is 6. The molecule has 6 N–H and O–H groups in total. The number of halogens is 10. The van der Waals surface area contributed by atoms with Gasteiger partial charge in [0.1, 0.15) is 51.6 Å². The average molecular weight is 2200 g/mol. The van der Waals surface area contributed by atoms with E-state index in [2.05, 4.69) is 88.5 Å². The number of aromatic nitrogens is 9. The highest BCUT2D eigenvalue weighted by Crippen LogP contribution is 2.39. The Bertz CT molecular complexity index is 6540. The average Bonchev–Trinajstić information content (AvgIpc) is 1.59. The summed E-state index contributed by atoms with van der Waals surface area (Å²) in [5, 5.41) is 34.2. The maximum atomic E-state index is 15.3. The molecule has 3 saturated heterocycles. The number of aromatic carboxylic acids is 2. The summed E-state index contributed by atoms with van der Waals surface area (Å²) in [5.41, 5.74) is -0.873. The Morgan fingerprint density at radius 3 is 1.31 bits per heavy atom. The second-order valence-corrected chi connectivity index (χ2v) is 35.4. The summed E-state index contributed by atoms with van der Waals surface area (Å²) in [6, 6.07) is 29.2. The number of carboxylic acid groups (broad SMARTS) is 2. The van der Waals surface area contributed by atoms with Crippen molar-refractivity contribution in [3.05, 3.63) is 236 Å². The number of H-pyrrole nitrogens is 1. The molecule has 31 nitrogen and oxygen atoms in total. The van der Waals surface area contributed by atoms with Crippen molar-refractivity contribution in [3.63, 3.8) is 0 Å². The Morgan fingerprint density at radius 1 is 0.532 bits per heavy atom. The molecule has 3 fully saturated rings. The van der Waals surface area contributed by atoms with Crippen LogP contribution in [0.4, 0.5) is 43.4 Å². The lowest BCUT2D eigenvalue weighted by Gasteiger charge is -2.32. The Kier molecular flexibility index (Phi) is 31.9. The van der Waals surface area contributed by atoms with E-state index in [1.807, 2.05) is 27.7 Å². The maximum Gasteiger partial charge on any atom is 0.494 e. The molecule has 0 spiro atoms. The molecule has 45 heteroatoms. The molecule has 9 heterocycles. The first-order chi connectivity index (χ1) is 59.0. The van der Waals surface area contributed by atoms with Gasteiger partial charge in [-0.3, -0.25) is 33.6 Å². The van der Waals surface area contributed by atoms with Crippen LogP contribution in [-0.4, -0.2) is 172 Å². The summed E-state index contributed by atoms with van der Waals surface area (Å²) in [6.45, 7) is 10.9. The fourth-order valence-electron chi connectivity index (χ4n) is 13.0. The molecule has 0 saturated carbocycles. The standard InChI is InChI=1S/C26H22F2N4O6S.C23H18F2N4O5S.C19H17BrF2N4O4S.C13H17BO4.I2.HI/c1-39(36,37)31-23-19(27)10-9-17(21(23)28)24(33)22-18-12-16(14-5-7-15(8-6-14)26(34)35)13-29-25(18)32(30-22)20-4-2-3-11-38-20;1-3-34-23(31)13-6-4-12(5-7-13)14-10-16-19(27-28-22(16)26-11-14)21(30)15-8-9-17(24)20(18(15)25)29-35(2,32)33;1-31(28,29)25-17-13(21)6-5-11(15(17)22)18(27)16-12-8-10(20)9-23-19(12)26(24-16)14-4-2-3-7-30-14;1-12(2)13(3,4)18-14(17-12)10-7-5-9(6-8-10)11(15)16;1-2;/h5-10,12-13,20,31H,2-4,11H2,1H3,(H,34,35);4-11,29H,3H2,1-2H3,(H,26,27,28);5-6,8-9,14,25H,2-4,7H2,1H3;5-8H,1-4H3,(H,15,16);;1H. The van der Waals surface area contributed by atoms with E-state index in [0.29, 0.717) is 75.0 Å². The number of sulfonamides is 3. The Morgan fingerprint density at radius 2 is 0.913 bits per heavy atom. The monoisotopic (exact) mass is 2200 g/mol. The SMILES string of the molecule is CC1(C)OB(c2ccc(C(=O)O)cc2)OC1(C)C.CCOC(=O)c1ccc(-c2cnc3n[nH]c(C(=O)c4ccc(F)c(NS(C)(=O)=O)c4F)c3c2)cc1.CS(=O)(=O)Nc1c(F)ccc(C(=O)c2nn(C3CCCCO3)c3ncc(-c4ccc(C(=O)O)cc4)cc23)c1F.CS(=O)(=O)Nc1c(F)ccc(C(=O)c2nn(C3CCCCO3)c3ncc(Br)cc23)c1F.I.II. The molecule has 3 aliphatic heterocycles. The fourth-order valence-corrected chi connectivity index (χ4v) is 15.0. The normalized spacial score (nSPS) is 15.3. The predicted octanol–water partition coefficient (Wildman–Crippen LogP) is 15.9. The summed E-state index contributed by atoms with van der Waals surface area (Å²) < 4.78 is 194. The number of anilines is 3. The third kappa shape index (κ3) is 22.9. The zero-order valence-corrected chi connectivity index (χ0v) is 78.1. The Labute approximate surface area is 765 Å². The number of pyridine rings is 3. The van der Waals surface area contributed by atoms with Crippen LogP contribution in [0.5, 0.6) is 0 Å². The second-order valence-electron chi connectivity index (χ2n) is 29.2. The molecule has 2 atom stereocenters. The highest BCUT2D eigenvalue weighted by molar-refractivity contribution is 15.0. The minimum absolute atomic E-state index is 0. The van der Waals surface area contributed by atoms with Crippen molar-refractivity contribution in [1.29, 1.82) is 0 Å². The van der Waals surface area contributed by atoms with E-state index in [1.54, 1.807) is 112 Å². The number of aromatic amines is 1. The molecular formula is C81H75BBrF6I3N12O19S3. The van der Waals surface area contributed by atoms with Gasteiger partial charge in [0.25, 0.3) is 0 Å². The third-order valence-electron chi connectivity index (χ3n) is 19.7. The lowest BCUT2D eigenvalue weighted by molar-refractivity contribution is -0.0372. The van der Waals surface area contributed by atoms with Crippen LogP contribution in [0.2, 0.25) is 0 Å². The van der Waals surface area contributed by atoms with Crippen molar-refractivity contribution in [2.24, 2.45) is 0 Å². The lowest BCUT2D eigenvalue weighted by Crippen LogP contribution is -2.41. The van der Waals surface area contributed by atoms with Crippen LogP contribution in [0.25, 0.3) is 55.4 Å². The van der Waals surface area contributed by atoms with Crippen LogP contribution in [0.15, 0.2) is 150 Å². The fraction of sp³-hybridized carbons (Fsp3) is 0.259. The van der Waals surface area contributed by atoms with Crippen LogP contribution < -0.4 is 19.6 Å². The number of hydrogen-bond donors (Lipinski definition) is 6. The highest BCUT2D eigenvalue weighted by atomic mass is 128. The first-order valence-corrected chi connectivity index (χ1v) is 50.2. The number of benzene rings is 6. The highest BCUT2D eigenvalue weighted by Gasteiger charge is 2.52. The van der Waals surface area contributed by atoms with Crippen LogP contribution >= 0.6 is 77.1 Å². The van der Waals surface area contributed by atoms with Crippen LogP contribution in [-0.2, 0) is 53.6 Å². The van der Waals surface area contributed by atoms with E-state index in [9.17, 15) is 81.1 Å². The molecule has 0 radical (unpaired) electrons. The number of nitrogens with one attached hydrogen (secondary N) is 4. The van der Waals surface area contributed by atoms with Crippen molar-refractivity contribution >= 4 is 205 Å². The molecule has 126 heavy (non-hydrogen) atoms. The molecule has 6 aromatic carbocycles. The zero-order valence-electron chi connectivity index (χ0n) is 67.4. The number of carbonyl (C=O) groups excluding carboxylic acids is 4. The zero-order chi connectivity index (χ0) is 91.1. The smallest absolute Gasteiger partial charge is 0.478 e. The molecule has 664 valence electrons. The van der Waals surface area contributed by atoms with Crippen molar-refractivity contribution in [2.45, 2.75) is 96.8 Å². The van der Waals surface area contributed by atoms with Crippen LogP contribution in [0.3, 0.4) is 0 Å². The van der Waals surface area contributed by atoms with Crippen molar-refractivity contribution in [2.75, 3.05) is 52.8 Å². The maximum absolute atomic E-state index is 15.3. The van der Waals surface area contributed by atoms with Gasteiger partial charge in [0, 0.05) is 84.6 Å². The summed E-state index contributed by atoms with van der Waals surface area (Å²) in [5.74, 6) is -12.7. The molecule has 0 aliphatic carbocycles. The molecule has 0 amide bonds. The first-order valence-electron chi connectivity index (χ1n) is 37.5. The molecule has 0 bridgehead atoms. The lowest BCUT2D eigenvalue weighted by atomic mass is 9.79. The van der Waals surface area contributed by atoms with Gasteiger partial charge < -0.3 is 33.7 Å². The summed E-state index contributed by atoms with van der Waals surface area (Å²) >= 11 is 7.54. The number of fused-ring (bicyclic) bond motifs is 3. The van der Waals surface area contributed by atoms with E-state index in [-0.39, 0.29) is 86.4 Å². The van der Waals surface area contributed by atoms with Gasteiger partial charge in [0.15, 0.2) is 46.8 Å². The van der Waals surface area contributed by atoms with Gasteiger partial charge in [0.05, 0.1) is 86.1 Å². The molecule has 6 aromatic heterocycles. The molecule has 12 aromatic rings.